The summed E-state index contributed by atoms with van der Waals surface area (Å²) in [5, 5.41) is 0. The molecule has 0 aromatic rings. The van der Waals surface area contributed by atoms with Crippen molar-refractivity contribution in [2.75, 3.05) is 54.1 Å². The molecule has 8 nitrogen and oxygen atoms in total. The first kappa shape index (κ1) is 36.5. The molecule has 0 heterocycles. The van der Waals surface area contributed by atoms with Gasteiger partial charge >= 0.3 is 5.97 Å². The number of likely N-dealkylation sites (N-methyl/N-ethyl adjacent to an activating group) is 1. The summed E-state index contributed by atoms with van der Waals surface area (Å²) in [4.78, 5) is 24.5. The molecule has 0 saturated heterocycles. The SMILES string of the molecule is CCCCCCCCCCOCC(COP(=O)([O-])OCC[N+](C)(C)C)OC(=O)CCCCCCCCC. The molecule has 222 valence electrons. The van der Waals surface area contributed by atoms with Crippen molar-refractivity contribution in [2.24, 2.45) is 0 Å². The van der Waals surface area contributed by atoms with Crippen molar-refractivity contribution in [3.05, 3.63) is 0 Å². The molecule has 2 atom stereocenters. The van der Waals surface area contributed by atoms with Gasteiger partial charge in [-0.1, -0.05) is 97.3 Å². The molecule has 0 radical (unpaired) electrons. The van der Waals surface area contributed by atoms with Crippen LogP contribution in [0.2, 0.25) is 0 Å². The van der Waals surface area contributed by atoms with Gasteiger partial charge in [0.2, 0.25) is 0 Å². The van der Waals surface area contributed by atoms with E-state index >= 15 is 0 Å². The molecule has 0 saturated carbocycles. The third kappa shape index (κ3) is 26.9. The highest BCUT2D eigenvalue weighted by atomic mass is 31.2. The number of phosphoric ester groups is 1. The molecule has 0 rings (SSSR count). The minimum atomic E-state index is -4.49. The summed E-state index contributed by atoms with van der Waals surface area (Å²) in [6.45, 7) is 5.33. The first-order valence-corrected chi connectivity index (χ1v) is 16.2. The first-order valence-electron chi connectivity index (χ1n) is 14.8. The number of phosphoric acid groups is 1. The van der Waals surface area contributed by atoms with Crippen molar-refractivity contribution in [3.63, 3.8) is 0 Å². The van der Waals surface area contributed by atoms with Crippen LogP contribution >= 0.6 is 7.82 Å². The molecule has 0 amide bonds. The number of hydrogen-bond donors (Lipinski definition) is 0. The van der Waals surface area contributed by atoms with Gasteiger partial charge in [0.15, 0.2) is 0 Å². The molecule has 9 heteroatoms. The second-order valence-electron chi connectivity index (χ2n) is 11.1. The second kappa shape index (κ2) is 23.4. The van der Waals surface area contributed by atoms with Crippen LogP contribution in [0.25, 0.3) is 0 Å². The van der Waals surface area contributed by atoms with Crippen LogP contribution in [-0.2, 0) is 27.9 Å². The number of esters is 1. The third-order valence-electron chi connectivity index (χ3n) is 6.16. The molecule has 0 N–H and O–H groups in total. The van der Waals surface area contributed by atoms with Crippen LogP contribution in [0.5, 0.6) is 0 Å². The van der Waals surface area contributed by atoms with E-state index in [0.717, 1.165) is 32.1 Å². The summed E-state index contributed by atoms with van der Waals surface area (Å²) in [6.07, 6.45) is 16.9. The van der Waals surface area contributed by atoms with Crippen molar-refractivity contribution in [2.45, 2.75) is 123 Å². The fourth-order valence-corrected chi connectivity index (χ4v) is 4.51. The summed E-state index contributed by atoms with van der Waals surface area (Å²) in [6, 6.07) is 0. The molecule has 37 heavy (non-hydrogen) atoms. The van der Waals surface area contributed by atoms with Crippen molar-refractivity contribution < 1.29 is 37.3 Å². The van der Waals surface area contributed by atoms with Gasteiger partial charge in [-0.3, -0.25) is 9.36 Å². The van der Waals surface area contributed by atoms with Gasteiger partial charge in [-0.2, -0.15) is 0 Å². The number of nitrogens with zero attached hydrogens (tertiary/aromatic N) is 1. The lowest BCUT2D eigenvalue weighted by Gasteiger charge is -2.28. The highest BCUT2D eigenvalue weighted by Crippen LogP contribution is 2.38. The van der Waals surface area contributed by atoms with Gasteiger partial charge in [-0.15, -0.1) is 0 Å². The highest BCUT2D eigenvalue weighted by Gasteiger charge is 2.20. The van der Waals surface area contributed by atoms with E-state index in [9.17, 15) is 14.3 Å². The Morgan fingerprint density at radius 1 is 0.730 bits per heavy atom. The van der Waals surface area contributed by atoms with Crippen LogP contribution < -0.4 is 4.89 Å². The lowest BCUT2D eigenvalue weighted by molar-refractivity contribution is -0.870. The minimum Gasteiger partial charge on any atom is -0.756 e. The normalized spacial score (nSPS) is 14.4. The van der Waals surface area contributed by atoms with Crippen LogP contribution in [0.4, 0.5) is 0 Å². The molecule has 0 aliphatic carbocycles. The van der Waals surface area contributed by atoms with Crippen LogP contribution in [0.15, 0.2) is 0 Å². The molecule has 0 fully saturated rings. The molecule has 0 aromatic heterocycles. The van der Waals surface area contributed by atoms with E-state index in [4.69, 9.17) is 18.5 Å². The van der Waals surface area contributed by atoms with E-state index < -0.39 is 13.9 Å². The lowest BCUT2D eigenvalue weighted by Crippen LogP contribution is -2.37. The summed E-state index contributed by atoms with van der Waals surface area (Å²) in [5.74, 6) is -0.343. The van der Waals surface area contributed by atoms with Crippen LogP contribution in [-0.4, -0.2) is 70.7 Å². The average molecular weight is 552 g/mol. The van der Waals surface area contributed by atoms with Crippen molar-refractivity contribution >= 4 is 13.8 Å². The van der Waals surface area contributed by atoms with Crippen LogP contribution in [0.1, 0.15) is 117 Å². The number of unbranched alkanes of at least 4 members (excludes halogenated alkanes) is 13. The zero-order valence-electron chi connectivity index (χ0n) is 24.7. The Morgan fingerprint density at radius 2 is 1.24 bits per heavy atom. The molecule has 0 spiro atoms. The maximum Gasteiger partial charge on any atom is 0.306 e. The van der Waals surface area contributed by atoms with E-state index in [1.807, 2.05) is 21.1 Å². The Balaban J connectivity index is 4.40. The van der Waals surface area contributed by atoms with Gasteiger partial charge < -0.3 is 27.9 Å². The Bertz CT molecular complexity index is 583. The van der Waals surface area contributed by atoms with Gasteiger partial charge in [-0.05, 0) is 12.8 Å². The fourth-order valence-electron chi connectivity index (χ4n) is 3.78. The van der Waals surface area contributed by atoms with E-state index in [1.165, 1.54) is 64.2 Å². The summed E-state index contributed by atoms with van der Waals surface area (Å²) in [5.41, 5.74) is 0. The standard InChI is InChI=1S/C28H58NO7P/c1-6-8-10-12-14-16-18-20-23-33-25-27(26-35-37(31,32)34-24-22-29(3,4)5)36-28(30)21-19-17-15-13-11-9-7-2/h27H,6-26H2,1-5H3. The third-order valence-corrected chi connectivity index (χ3v) is 7.12. The first-order chi connectivity index (χ1) is 17.6. The maximum absolute atomic E-state index is 12.4. The smallest absolute Gasteiger partial charge is 0.306 e. The van der Waals surface area contributed by atoms with Gasteiger partial charge in [0.25, 0.3) is 7.82 Å². The predicted molar refractivity (Wildman–Crippen MR) is 148 cm³/mol. The Hall–Kier alpha value is -0.500. The number of quaternary nitrogens is 1. The second-order valence-corrected chi connectivity index (χ2v) is 12.5. The number of ether oxygens (including phenoxy) is 2. The van der Waals surface area contributed by atoms with E-state index in [0.29, 0.717) is 24.1 Å². The molecular formula is C28H58NO7P. The predicted octanol–water partition coefficient (Wildman–Crippen LogP) is 6.40. The topological polar surface area (TPSA) is 94.1 Å². The van der Waals surface area contributed by atoms with Crippen LogP contribution in [0.3, 0.4) is 0 Å². The van der Waals surface area contributed by atoms with E-state index in [2.05, 4.69) is 13.8 Å². The summed E-state index contributed by atoms with van der Waals surface area (Å²) in [7, 11) is 1.36. The molecule has 0 bridgehead atoms. The van der Waals surface area contributed by atoms with E-state index in [-0.39, 0.29) is 25.8 Å². The van der Waals surface area contributed by atoms with Gasteiger partial charge in [0.1, 0.15) is 19.3 Å². The van der Waals surface area contributed by atoms with Crippen LogP contribution in [0, 0.1) is 0 Å². The molecule has 0 aliphatic rings. The molecular weight excluding hydrogens is 493 g/mol. The summed E-state index contributed by atoms with van der Waals surface area (Å²) < 4.78 is 34.0. The monoisotopic (exact) mass is 551 g/mol. The Kier molecular flexibility index (Phi) is 23.1. The largest absolute Gasteiger partial charge is 0.756 e. The van der Waals surface area contributed by atoms with Gasteiger partial charge in [-0.25, -0.2) is 0 Å². The van der Waals surface area contributed by atoms with Crippen molar-refractivity contribution in [3.8, 4) is 0 Å². The highest BCUT2D eigenvalue weighted by molar-refractivity contribution is 7.45. The van der Waals surface area contributed by atoms with E-state index in [1.54, 1.807) is 0 Å². The maximum atomic E-state index is 12.4. The Morgan fingerprint density at radius 3 is 1.78 bits per heavy atom. The molecule has 2 unspecified atom stereocenters. The fraction of sp³-hybridized carbons (Fsp3) is 0.964. The van der Waals surface area contributed by atoms with Crippen molar-refractivity contribution in [1.29, 1.82) is 0 Å². The number of hydrogen-bond acceptors (Lipinski definition) is 7. The molecule has 0 aliphatic heterocycles. The van der Waals surface area contributed by atoms with Gasteiger partial charge in [0.05, 0.1) is 34.4 Å². The number of rotatable bonds is 27. The summed E-state index contributed by atoms with van der Waals surface area (Å²) >= 11 is 0. The van der Waals surface area contributed by atoms with Gasteiger partial charge in [0, 0.05) is 13.0 Å². The zero-order valence-corrected chi connectivity index (χ0v) is 25.6. The zero-order chi connectivity index (χ0) is 27.8. The van der Waals surface area contributed by atoms with Crippen molar-refractivity contribution in [1.82, 2.24) is 0 Å². The number of carbonyl (C=O) groups excluding carboxylic acids is 1. The lowest BCUT2D eigenvalue weighted by atomic mass is 10.1. The number of carbonyl (C=O) groups is 1. The minimum absolute atomic E-state index is 0.0297. The Labute approximate surface area is 228 Å². The quantitative estimate of drug-likeness (QED) is 0.0504. The molecule has 0 aromatic carbocycles. The average Bonchev–Trinajstić information content (AvgIpc) is 2.82.